The van der Waals surface area contributed by atoms with E-state index in [-0.39, 0.29) is 4.91 Å². The van der Waals surface area contributed by atoms with Gasteiger partial charge in [-0.1, -0.05) is 12.7 Å². The molecule has 0 fully saturated rings. The number of rotatable bonds is 2. The molecule has 0 amide bonds. The summed E-state index contributed by atoms with van der Waals surface area (Å²) in [5.41, 5.74) is 0. The quantitative estimate of drug-likeness (QED) is 0.573. The monoisotopic (exact) mass is 147 g/mol. The summed E-state index contributed by atoms with van der Waals surface area (Å²) < 4.78 is 20.9. The minimum Gasteiger partial charge on any atom is -0.225 e. The van der Waals surface area contributed by atoms with Gasteiger partial charge in [0.15, 0.2) is 0 Å². The summed E-state index contributed by atoms with van der Waals surface area (Å²) in [5.74, 6) is 0. The standard InChI is InChI=1S/C5H9NO2S/c1-3-5(4-2)9(6,7)8/h3-4H,1H2,2H3,(H2,6,7,8). The van der Waals surface area contributed by atoms with E-state index < -0.39 is 10.0 Å². The third-order valence-corrected chi connectivity index (χ3v) is 1.87. The fourth-order valence-corrected chi connectivity index (χ4v) is 0.959. The molecule has 52 valence electrons. The van der Waals surface area contributed by atoms with Crippen LogP contribution in [0.3, 0.4) is 0 Å². The number of hydrogen-bond donors (Lipinski definition) is 1. The summed E-state index contributed by atoms with van der Waals surface area (Å²) in [4.78, 5) is 0.0579. The Morgan fingerprint density at radius 2 is 2.11 bits per heavy atom. The zero-order valence-electron chi connectivity index (χ0n) is 5.16. The smallest absolute Gasteiger partial charge is 0.225 e. The molecule has 0 aliphatic heterocycles. The first-order chi connectivity index (χ1) is 4.02. The van der Waals surface area contributed by atoms with Gasteiger partial charge in [-0.15, -0.1) is 0 Å². The highest BCUT2D eigenvalue weighted by Gasteiger charge is 2.04. The van der Waals surface area contributed by atoms with Crippen molar-refractivity contribution in [3.8, 4) is 0 Å². The summed E-state index contributed by atoms with van der Waals surface area (Å²) in [6.07, 6.45) is 2.59. The molecular formula is C5H9NO2S. The minimum atomic E-state index is -3.52. The molecule has 0 aromatic rings. The number of sulfonamides is 1. The SMILES string of the molecule is C=CC(=CC)S(N)(=O)=O. The van der Waals surface area contributed by atoms with Crippen molar-refractivity contribution >= 4 is 10.0 Å². The summed E-state index contributed by atoms with van der Waals surface area (Å²) in [5, 5.41) is 4.73. The van der Waals surface area contributed by atoms with Crippen LogP contribution in [0.5, 0.6) is 0 Å². The average Bonchev–Trinajstić information content (AvgIpc) is 1.65. The van der Waals surface area contributed by atoms with Crippen molar-refractivity contribution in [2.45, 2.75) is 6.92 Å². The Balaban J connectivity index is 4.77. The Hall–Kier alpha value is -0.610. The Labute approximate surface area is 54.9 Å². The second-order valence-corrected chi connectivity index (χ2v) is 3.00. The number of hydrogen-bond acceptors (Lipinski definition) is 2. The zero-order valence-corrected chi connectivity index (χ0v) is 5.98. The molecule has 0 radical (unpaired) electrons. The number of nitrogens with two attached hydrogens (primary N) is 1. The Morgan fingerprint density at radius 3 is 2.11 bits per heavy atom. The number of allylic oxidation sites excluding steroid dienone is 2. The second kappa shape index (κ2) is 2.80. The van der Waals surface area contributed by atoms with E-state index in [4.69, 9.17) is 5.14 Å². The Morgan fingerprint density at radius 1 is 1.67 bits per heavy atom. The lowest BCUT2D eigenvalue weighted by molar-refractivity contribution is 0.604. The largest absolute Gasteiger partial charge is 0.237 e. The maximum atomic E-state index is 10.4. The van der Waals surface area contributed by atoms with Crippen molar-refractivity contribution in [1.82, 2.24) is 0 Å². The molecule has 0 aliphatic rings. The van der Waals surface area contributed by atoms with Crippen LogP contribution in [0.15, 0.2) is 23.6 Å². The van der Waals surface area contributed by atoms with E-state index in [1.807, 2.05) is 0 Å². The van der Waals surface area contributed by atoms with Crippen molar-refractivity contribution in [2.75, 3.05) is 0 Å². The van der Waals surface area contributed by atoms with E-state index in [9.17, 15) is 8.42 Å². The van der Waals surface area contributed by atoms with Gasteiger partial charge in [-0.2, -0.15) is 0 Å². The highest BCUT2D eigenvalue weighted by atomic mass is 32.2. The van der Waals surface area contributed by atoms with Crippen molar-refractivity contribution < 1.29 is 8.42 Å². The van der Waals surface area contributed by atoms with E-state index in [0.717, 1.165) is 0 Å². The molecule has 0 aliphatic carbocycles. The van der Waals surface area contributed by atoms with Crippen LogP contribution in [0.2, 0.25) is 0 Å². The molecule has 0 saturated carbocycles. The third kappa shape index (κ3) is 2.43. The summed E-state index contributed by atoms with van der Waals surface area (Å²) in [7, 11) is -3.52. The molecule has 0 spiro atoms. The van der Waals surface area contributed by atoms with Crippen molar-refractivity contribution in [1.29, 1.82) is 0 Å². The van der Waals surface area contributed by atoms with E-state index in [2.05, 4.69) is 6.58 Å². The lowest BCUT2D eigenvalue weighted by Crippen LogP contribution is -2.12. The van der Waals surface area contributed by atoms with Crippen LogP contribution in [-0.2, 0) is 10.0 Å². The van der Waals surface area contributed by atoms with E-state index >= 15 is 0 Å². The molecule has 2 N–H and O–H groups in total. The molecular weight excluding hydrogens is 138 g/mol. The van der Waals surface area contributed by atoms with Crippen LogP contribution in [0.4, 0.5) is 0 Å². The minimum absolute atomic E-state index is 0.0579. The molecule has 0 saturated heterocycles. The van der Waals surface area contributed by atoms with Crippen LogP contribution in [0.25, 0.3) is 0 Å². The number of primary sulfonamides is 1. The maximum absolute atomic E-state index is 10.4. The molecule has 4 heteroatoms. The van der Waals surface area contributed by atoms with Gasteiger partial charge in [-0.05, 0) is 13.0 Å². The molecule has 0 unspecified atom stereocenters. The average molecular weight is 147 g/mol. The van der Waals surface area contributed by atoms with Gasteiger partial charge < -0.3 is 0 Å². The second-order valence-electron chi connectivity index (χ2n) is 1.44. The van der Waals surface area contributed by atoms with Crippen LogP contribution in [-0.4, -0.2) is 8.42 Å². The van der Waals surface area contributed by atoms with Crippen molar-refractivity contribution in [3.63, 3.8) is 0 Å². The normalized spacial score (nSPS) is 13.3. The lowest BCUT2D eigenvalue weighted by Gasteiger charge is -1.93. The van der Waals surface area contributed by atoms with E-state index in [1.165, 1.54) is 12.2 Å². The third-order valence-electron chi connectivity index (χ3n) is 0.814. The Kier molecular flexibility index (Phi) is 2.61. The first-order valence-corrected chi connectivity index (χ1v) is 3.88. The lowest BCUT2D eigenvalue weighted by atomic mass is 10.5. The molecule has 0 aromatic carbocycles. The van der Waals surface area contributed by atoms with Gasteiger partial charge in [0.25, 0.3) is 0 Å². The van der Waals surface area contributed by atoms with Crippen molar-refractivity contribution in [3.05, 3.63) is 23.6 Å². The van der Waals surface area contributed by atoms with Gasteiger partial charge in [0.1, 0.15) is 0 Å². The van der Waals surface area contributed by atoms with Crippen LogP contribution >= 0.6 is 0 Å². The molecule has 0 aromatic heterocycles. The highest BCUT2D eigenvalue weighted by Crippen LogP contribution is 2.00. The molecule has 3 nitrogen and oxygen atoms in total. The Bertz CT molecular complexity index is 225. The van der Waals surface area contributed by atoms with Crippen LogP contribution < -0.4 is 5.14 Å². The van der Waals surface area contributed by atoms with E-state index in [1.54, 1.807) is 6.92 Å². The van der Waals surface area contributed by atoms with Crippen molar-refractivity contribution in [2.24, 2.45) is 5.14 Å². The van der Waals surface area contributed by atoms with Gasteiger partial charge >= 0.3 is 0 Å². The van der Waals surface area contributed by atoms with Gasteiger partial charge in [0, 0.05) is 0 Å². The van der Waals surface area contributed by atoms with Gasteiger partial charge in [0.05, 0.1) is 4.91 Å². The first kappa shape index (κ1) is 8.39. The summed E-state index contributed by atoms with van der Waals surface area (Å²) >= 11 is 0. The topological polar surface area (TPSA) is 60.2 Å². The molecule has 0 heterocycles. The molecule has 0 rings (SSSR count). The first-order valence-electron chi connectivity index (χ1n) is 2.34. The van der Waals surface area contributed by atoms with Gasteiger partial charge in [-0.25, -0.2) is 13.6 Å². The molecule has 9 heavy (non-hydrogen) atoms. The summed E-state index contributed by atoms with van der Waals surface area (Å²) in [6, 6.07) is 0. The van der Waals surface area contributed by atoms with E-state index in [0.29, 0.717) is 0 Å². The van der Waals surface area contributed by atoms with Crippen LogP contribution in [0, 0.1) is 0 Å². The van der Waals surface area contributed by atoms with Crippen LogP contribution in [0.1, 0.15) is 6.92 Å². The molecule has 0 bridgehead atoms. The zero-order chi connectivity index (χ0) is 7.49. The van der Waals surface area contributed by atoms with Gasteiger partial charge in [-0.3, -0.25) is 0 Å². The summed E-state index contributed by atoms with van der Waals surface area (Å²) in [6.45, 7) is 4.86. The van der Waals surface area contributed by atoms with Gasteiger partial charge in [0.2, 0.25) is 10.0 Å². The predicted molar refractivity (Wildman–Crippen MR) is 37.1 cm³/mol. The predicted octanol–water partition coefficient (Wildman–Crippen LogP) is 0.365. The highest BCUT2D eigenvalue weighted by molar-refractivity contribution is 7.93. The molecule has 0 atom stereocenters. The maximum Gasteiger partial charge on any atom is 0.237 e. The fourth-order valence-electron chi connectivity index (χ4n) is 0.398. The fraction of sp³-hybridized carbons (Fsp3) is 0.200.